The minimum Gasteiger partial charge on any atom is -0.475 e. The molecule has 3 aliphatic rings. The predicted octanol–water partition coefficient (Wildman–Crippen LogP) is 3.53. The molecule has 0 amide bonds. The fourth-order valence-electron chi connectivity index (χ4n) is 3.59. The third-order valence-corrected chi connectivity index (χ3v) is 5.88. The van der Waals surface area contributed by atoms with Crippen LogP contribution in [0.2, 0.25) is 0 Å². The largest absolute Gasteiger partial charge is 0.525 e. The van der Waals surface area contributed by atoms with Crippen molar-refractivity contribution in [2.24, 2.45) is 17.2 Å². The first-order valence-electron chi connectivity index (χ1n) is 11.5. The smallest absolute Gasteiger partial charge is 0.475 e. The summed E-state index contributed by atoms with van der Waals surface area (Å²) in [6.45, 7) is 2.73. The second-order valence-corrected chi connectivity index (χ2v) is 9.67. The van der Waals surface area contributed by atoms with Crippen molar-refractivity contribution in [3.05, 3.63) is 12.3 Å². The summed E-state index contributed by atoms with van der Waals surface area (Å²) in [6, 6.07) is 1.61. The van der Waals surface area contributed by atoms with Gasteiger partial charge in [-0.1, -0.05) is 57.8 Å². The minimum absolute atomic E-state index is 0.536. The number of aliphatic carboxylic acids is 1. The number of phosphoric acid groups is 1. The number of hydrogen-bond donors (Lipinski definition) is 6. The van der Waals surface area contributed by atoms with Crippen LogP contribution in [0, 0.1) is 0 Å². The lowest BCUT2D eigenvalue weighted by molar-refractivity contribution is -0.135. The zero-order valence-corrected chi connectivity index (χ0v) is 19.7. The van der Waals surface area contributed by atoms with Gasteiger partial charge in [-0.15, -0.1) is 0 Å². The van der Waals surface area contributed by atoms with Gasteiger partial charge in [0.05, 0.1) is 0 Å². The number of carbonyl (C=O) groups is 1. The predicted molar refractivity (Wildman–Crippen MR) is 123 cm³/mol. The van der Waals surface area contributed by atoms with Crippen molar-refractivity contribution in [3.63, 3.8) is 0 Å². The number of hydrogen-bond acceptors (Lipinski definition) is 6. The van der Waals surface area contributed by atoms with E-state index in [1.165, 1.54) is 96.3 Å². The molecular formula is C21H44N3O6P. The van der Waals surface area contributed by atoms with Gasteiger partial charge in [-0.3, -0.25) is 9.79 Å². The summed E-state index contributed by atoms with van der Waals surface area (Å²) in [6.07, 6.45) is 20.0. The van der Waals surface area contributed by atoms with E-state index in [4.69, 9.17) is 32.1 Å². The van der Waals surface area contributed by atoms with Crippen molar-refractivity contribution in [3.8, 4) is 0 Å². The highest BCUT2D eigenvalue weighted by Crippen LogP contribution is 2.38. The molecule has 0 spiro atoms. The average Bonchev–Trinajstić information content (AvgIpc) is 2.70. The first-order chi connectivity index (χ1) is 14.5. The molecule has 0 bridgehead atoms. The van der Waals surface area contributed by atoms with Crippen molar-refractivity contribution < 1.29 is 28.8 Å². The number of nitrogens with two attached hydrogens (primary N) is 3. The molecule has 0 unspecified atom stereocenters. The monoisotopic (exact) mass is 465 g/mol. The Morgan fingerprint density at radius 1 is 0.710 bits per heavy atom. The highest BCUT2D eigenvalue weighted by Gasteiger charge is 2.20. The van der Waals surface area contributed by atoms with Gasteiger partial charge >= 0.3 is 13.8 Å². The van der Waals surface area contributed by atoms with Gasteiger partial charge in [0.1, 0.15) is 0 Å². The Kier molecular flexibility index (Phi) is 17.0. The highest BCUT2D eigenvalue weighted by molar-refractivity contribution is 7.46. The SMILES string of the molecule is C=C(OP(=O)(O)O)C(=O)O.NC1CCCCC1.NC1CCCCC1.NC1CCCCC1. The first-order valence-corrected chi connectivity index (χ1v) is 13.0. The molecule has 0 atom stereocenters. The van der Waals surface area contributed by atoms with E-state index >= 15 is 0 Å². The third-order valence-electron chi connectivity index (χ3n) is 5.42. The molecular weight excluding hydrogens is 421 g/mol. The summed E-state index contributed by atoms with van der Waals surface area (Å²) in [7, 11) is -4.76. The maximum absolute atomic E-state index is 9.89. The van der Waals surface area contributed by atoms with E-state index < -0.39 is 19.6 Å². The maximum Gasteiger partial charge on any atom is 0.525 e. The lowest BCUT2D eigenvalue weighted by atomic mass is 9.97. The summed E-state index contributed by atoms with van der Waals surface area (Å²) < 4.78 is 13.5. The van der Waals surface area contributed by atoms with Gasteiger partial charge in [-0.2, -0.15) is 0 Å². The summed E-state index contributed by atoms with van der Waals surface area (Å²) in [5.74, 6) is -2.59. The molecule has 184 valence electrons. The molecule has 9 N–H and O–H groups in total. The summed E-state index contributed by atoms with van der Waals surface area (Å²) >= 11 is 0. The molecule has 3 rings (SSSR count). The van der Waals surface area contributed by atoms with Gasteiger partial charge in [0, 0.05) is 18.1 Å². The zero-order chi connectivity index (χ0) is 23.7. The Labute approximate surface area is 187 Å². The van der Waals surface area contributed by atoms with Crippen LogP contribution in [0.4, 0.5) is 0 Å². The van der Waals surface area contributed by atoms with Crippen LogP contribution >= 0.6 is 7.82 Å². The molecule has 9 nitrogen and oxygen atoms in total. The number of phosphoric ester groups is 1. The molecule has 0 aromatic heterocycles. The van der Waals surface area contributed by atoms with E-state index in [2.05, 4.69) is 11.1 Å². The molecule has 3 aliphatic carbocycles. The topological polar surface area (TPSA) is 182 Å². The summed E-state index contributed by atoms with van der Waals surface area (Å²) in [5, 5.41) is 7.98. The molecule has 0 saturated heterocycles. The van der Waals surface area contributed by atoms with Crippen molar-refractivity contribution in [2.45, 2.75) is 114 Å². The Bertz CT molecular complexity index is 487. The quantitative estimate of drug-likeness (QED) is 0.206. The number of carboxylic acid groups (broad SMARTS) is 1. The normalized spacial score (nSPS) is 20.5. The third kappa shape index (κ3) is 20.7. The lowest BCUT2D eigenvalue weighted by Crippen LogP contribution is -2.22. The van der Waals surface area contributed by atoms with Crippen LogP contribution in [0.1, 0.15) is 96.3 Å². The Morgan fingerprint density at radius 2 is 0.968 bits per heavy atom. The lowest BCUT2D eigenvalue weighted by Gasteiger charge is -2.15. The second kappa shape index (κ2) is 17.6. The number of rotatable bonds is 3. The van der Waals surface area contributed by atoms with Crippen LogP contribution in [0.3, 0.4) is 0 Å². The zero-order valence-electron chi connectivity index (χ0n) is 18.8. The van der Waals surface area contributed by atoms with E-state index in [0.717, 1.165) is 0 Å². The van der Waals surface area contributed by atoms with Crippen LogP contribution in [0.5, 0.6) is 0 Å². The Balaban J connectivity index is 0.000000391. The molecule has 0 heterocycles. The van der Waals surface area contributed by atoms with Gasteiger partial charge in [0.2, 0.25) is 5.76 Å². The Hall–Kier alpha value is -0.960. The van der Waals surface area contributed by atoms with Crippen molar-refractivity contribution in [1.29, 1.82) is 0 Å². The van der Waals surface area contributed by atoms with Crippen molar-refractivity contribution >= 4 is 13.8 Å². The standard InChI is InChI=1S/3C6H13N.C3H5O6P/c3*7-6-4-2-1-3-5-6;1-2(3(4)5)9-10(6,7)8/h3*6H,1-5,7H2;1H2,(H,4,5)(H2,6,7,8). The fraction of sp³-hybridized carbons (Fsp3) is 0.857. The van der Waals surface area contributed by atoms with Crippen LogP contribution in [0.15, 0.2) is 12.3 Å². The molecule has 0 aliphatic heterocycles. The minimum atomic E-state index is -4.76. The van der Waals surface area contributed by atoms with E-state index in [1.54, 1.807) is 0 Å². The summed E-state index contributed by atoms with van der Waals surface area (Å²) in [4.78, 5) is 25.8. The maximum atomic E-state index is 9.89. The van der Waals surface area contributed by atoms with Crippen LogP contribution in [0.25, 0.3) is 0 Å². The van der Waals surface area contributed by atoms with Gasteiger partial charge in [0.25, 0.3) is 0 Å². The van der Waals surface area contributed by atoms with E-state index in [-0.39, 0.29) is 0 Å². The van der Waals surface area contributed by atoms with Crippen molar-refractivity contribution in [1.82, 2.24) is 0 Å². The molecule has 0 aromatic carbocycles. The first kappa shape index (κ1) is 30.0. The van der Waals surface area contributed by atoms with E-state index in [9.17, 15) is 9.36 Å². The van der Waals surface area contributed by atoms with Crippen LogP contribution in [-0.2, 0) is 13.9 Å². The summed E-state index contributed by atoms with van der Waals surface area (Å²) in [5.41, 5.74) is 16.9. The van der Waals surface area contributed by atoms with Crippen LogP contribution in [-0.4, -0.2) is 39.0 Å². The molecule has 3 fully saturated rings. The second-order valence-electron chi connectivity index (χ2n) is 8.50. The highest BCUT2D eigenvalue weighted by atomic mass is 31.2. The molecule has 31 heavy (non-hydrogen) atoms. The number of carboxylic acids is 1. The van der Waals surface area contributed by atoms with E-state index in [1.807, 2.05) is 0 Å². The Morgan fingerprint density at radius 3 is 1.06 bits per heavy atom. The van der Waals surface area contributed by atoms with Crippen molar-refractivity contribution in [2.75, 3.05) is 0 Å². The fourth-order valence-corrected chi connectivity index (χ4v) is 3.95. The van der Waals surface area contributed by atoms with Gasteiger partial charge in [0.15, 0.2) is 0 Å². The van der Waals surface area contributed by atoms with Crippen LogP contribution < -0.4 is 17.2 Å². The van der Waals surface area contributed by atoms with Gasteiger partial charge in [-0.05, 0) is 45.1 Å². The molecule has 0 radical (unpaired) electrons. The molecule has 0 aromatic rings. The average molecular weight is 466 g/mol. The molecule has 10 heteroatoms. The van der Waals surface area contributed by atoms with E-state index in [0.29, 0.717) is 18.1 Å². The molecule has 3 saturated carbocycles. The van der Waals surface area contributed by atoms with Gasteiger partial charge in [-0.25, -0.2) is 9.36 Å². The van der Waals surface area contributed by atoms with Gasteiger partial charge < -0.3 is 26.8 Å².